The highest BCUT2D eigenvalue weighted by Gasteiger charge is 2.23. The minimum atomic E-state index is -0.389. The van der Waals surface area contributed by atoms with Crippen molar-refractivity contribution < 1.29 is 9.18 Å². The minimum absolute atomic E-state index is 0.0983. The van der Waals surface area contributed by atoms with Crippen LogP contribution >= 0.6 is 0 Å². The number of rotatable bonds is 6. The quantitative estimate of drug-likeness (QED) is 0.839. The molecule has 0 amide bonds. The topological polar surface area (TPSA) is 45.2 Å². The van der Waals surface area contributed by atoms with E-state index in [0.717, 1.165) is 6.20 Å². The first-order chi connectivity index (χ1) is 8.41. The van der Waals surface area contributed by atoms with E-state index >= 15 is 0 Å². The van der Waals surface area contributed by atoms with E-state index < -0.39 is 0 Å². The average Bonchev–Trinajstić information content (AvgIpc) is 2.27. The summed E-state index contributed by atoms with van der Waals surface area (Å²) in [6.45, 7) is 4.22. The number of halogens is 1. The Balaban J connectivity index is 2.57. The van der Waals surface area contributed by atoms with Crippen molar-refractivity contribution in [1.82, 2.24) is 9.88 Å². The molecule has 0 aliphatic heterocycles. The molecular weight excluding hydrogens is 233 g/mol. The number of hydrogen-bond acceptors (Lipinski definition) is 4. The fourth-order valence-corrected chi connectivity index (χ4v) is 2.02. The van der Waals surface area contributed by atoms with Gasteiger partial charge in [0.2, 0.25) is 0 Å². The maximum atomic E-state index is 12.7. The van der Waals surface area contributed by atoms with Gasteiger partial charge >= 0.3 is 0 Å². The summed E-state index contributed by atoms with van der Waals surface area (Å²) in [6, 6.07) is 2.70. The molecule has 0 aromatic carbocycles. The summed E-state index contributed by atoms with van der Waals surface area (Å²) in [7, 11) is 3.78. The first-order valence-electron chi connectivity index (χ1n) is 5.96. The van der Waals surface area contributed by atoms with Gasteiger partial charge in [0.15, 0.2) is 5.78 Å². The molecule has 0 fully saturated rings. The molecular formula is C13H20FN3O. The summed E-state index contributed by atoms with van der Waals surface area (Å²) in [5.41, 5.74) is 0. The lowest BCUT2D eigenvalue weighted by molar-refractivity contribution is -0.123. The number of aromatic nitrogens is 1. The number of carbonyl (C=O) groups is 1. The summed E-state index contributed by atoms with van der Waals surface area (Å²) in [5.74, 6) is 0.461. The van der Waals surface area contributed by atoms with Gasteiger partial charge in [-0.3, -0.25) is 9.69 Å². The molecule has 1 N–H and O–H groups in total. The van der Waals surface area contributed by atoms with Crippen molar-refractivity contribution in [2.75, 3.05) is 26.0 Å². The minimum Gasteiger partial charge on any atom is -0.363 e. The summed E-state index contributed by atoms with van der Waals surface area (Å²) < 4.78 is 12.7. The Labute approximate surface area is 107 Å². The number of ketones is 1. The van der Waals surface area contributed by atoms with Gasteiger partial charge in [0.1, 0.15) is 11.6 Å². The molecule has 5 heteroatoms. The van der Waals surface area contributed by atoms with Crippen LogP contribution in [-0.4, -0.2) is 42.3 Å². The van der Waals surface area contributed by atoms with Gasteiger partial charge in [0, 0.05) is 0 Å². The van der Waals surface area contributed by atoms with E-state index in [0.29, 0.717) is 5.82 Å². The van der Waals surface area contributed by atoms with E-state index in [1.807, 2.05) is 32.8 Å². The Morgan fingerprint density at radius 3 is 2.56 bits per heavy atom. The van der Waals surface area contributed by atoms with Crippen LogP contribution in [0.15, 0.2) is 18.3 Å². The smallest absolute Gasteiger partial charge is 0.169 e. The Morgan fingerprint density at radius 2 is 2.11 bits per heavy atom. The van der Waals surface area contributed by atoms with Crippen molar-refractivity contribution in [3.63, 3.8) is 0 Å². The molecule has 0 aliphatic rings. The van der Waals surface area contributed by atoms with Crippen LogP contribution in [0.2, 0.25) is 0 Å². The molecule has 0 saturated heterocycles. The zero-order valence-electron chi connectivity index (χ0n) is 11.3. The standard InChI is InChI=1S/C13H20FN3O/c1-9(2)13(17(3)4)11(18)8-16-12-6-5-10(14)7-15-12/h5-7,9,13H,8H2,1-4H3,(H,15,16)/t13-/m0/s1. The fourth-order valence-electron chi connectivity index (χ4n) is 2.02. The third-order valence-electron chi connectivity index (χ3n) is 2.69. The lowest BCUT2D eigenvalue weighted by atomic mass is 9.99. The highest BCUT2D eigenvalue weighted by atomic mass is 19.1. The maximum Gasteiger partial charge on any atom is 0.169 e. The molecule has 1 aromatic heterocycles. The van der Waals surface area contributed by atoms with Gasteiger partial charge in [-0.2, -0.15) is 0 Å². The predicted molar refractivity (Wildman–Crippen MR) is 70.0 cm³/mol. The van der Waals surface area contributed by atoms with Crippen LogP contribution < -0.4 is 5.32 Å². The molecule has 1 atom stereocenters. The third-order valence-corrected chi connectivity index (χ3v) is 2.69. The van der Waals surface area contributed by atoms with Crippen LogP contribution in [0.4, 0.5) is 10.2 Å². The second kappa shape index (κ2) is 6.44. The number of likely N-dealkylation sites (N-methyl/N-ethyl adjacent to an activating group) is 1. The van der Waals surface area contributed by atoms with E-state index in [1.165, 1.54) is 12.1 Å². The second-order valence-electron chi connectivity index (χ2n) is 4.83. The number of Topliss-reactive ketones (excluding diaryl/α,β-unsaturated/α-hetero) is 1. The Morgan fingerprint density at radius 1 is 1.44 bits per heavy atom. The first-order valence-corrected chi connectivity index (χ1v) is 5.96. The van der Waals surface area contributed by atoms with Crippen molar-refractivity contribution in [1.29, 1.82) is 0 Å². The first kappa shape index (κ1) is 14.6. The number of nitrogens with one attached hydrogen (secondary N) is 1. The van der Waals surface area contributed by atoms with Crippen molar-refractivity contribution in [3.8, 4) is 0 Å². The number of carbonyl (C=O) groups excluding carboxylic acids is 1. The molecule has 0 bridgehead atoms. The SMILES string of the molecule is CC(C)[C@@H](C(=O)CNc1ccc(F)cn1)N(C)C. The van der Waals surface area contributed by atoms with Gasteiger partial charge in [-0.25, -0.2) is 9.37 Å². The number of pyridine rings is 1. The molecule has 0 unspecified atom stereocenters. The van der Waals surface area contributed by atoms with E-state index in [1.54, 1.807) is 0 Å². The molecule has 0 radical (unpaired) electrons. The molecule has 1 heterocycles. The number of hydrogen-bond donors (Lipinski definition) is 1. The normalized spacial score (nSPS) is 12.8. The largest absolute Gasteiger partial charge is 0.363 e. The lowest BCUT2D eigenvalue weighted by Gasteiger charge is -2.26. The molecule has 18 heavy (non-hydrogen) atoms. The van der Waals surface area contributed by atoms with Gasteiger partial charge in [0.05, 0.1) is 18.8 Å². The fraction of sp³-hybridized carbons (Fsp3) is 0.538. The van der Waals surface area contributed by atoms with Gasteiger partial charge in [-0.05, 0) is 32.1 Å². The van der Waals surface area contributed by atoms with Crippen LogP contribution in [0.5, 0.6) is 0 Å². The Hall–Kier alpha value is -1.49. The third kappa shape index (κ3) is 4.07. The molecule has 1 aromatic rings. The zero-order chi connectivity index (χ0) is 13.7. The van der Waals surface area contributed by atoms with Gasteiger partial charge in [-0.1, -0.05) is 13.8 Å². The molecule has 0 spiro atoms. The monoisotopic (exact) mass is 253 g/mol. The lowest BCUT2D eigenvalue weighted by Crippen LogP contribution is -2.42. The van der Waals surface area contributed by atoms with Crippen LogP contribution in [0, 0.1) is 11.7 Å². The Bertz CT molecular complexity index is 382. The van der Waals surface area contributed by atoms with Crippen molar-refractivity contribution >= 4 is 11.6 Å². The summed E-state index contributed by atoms with van der Waals surface area (Å²) in [5, 5.41) is 2.91. The molecule has 1 rings (SSSR count). The zero-order valence-corrected chi connectivity index (χ0v) is 11.3. The molecule has 100 valence electrons. The second-order valence-corrected chi connectivity index (χ2v) is 4.83. The van der Waals surface area contributed by atoms with E-state index in [-0.39, 0.29) is 30.1 Å². The van der Waals surface area contributed by atoms with E-state index in [9.17, 15) is 9.18 Å². The highest BCUT2D eigenvalue weighted by molar-refractivity contribution is 5.87. The predicted octanol–water partition coefficient (Wildman–Crippen LogP) is 1.79. The summed E-state index contributed by atoms with van der Waals surface area (Å²) in [6.07, 6.45) is 1.12. The van der Waals surface area contributed by atoms with Crippen LogP contribution in [0.25, 0.3) is 0 Å². The van der Waals surface area contributed by atoms with Gasteiger partial charge < -0.3 is 5.32 Å². The summed E-state index contributed by atoms with van der Waals surface area (Å²) >= 11 is 0. The maximum absolute atomic E-state index is 12.7. The van der Waals surface area contributed by atoms with Crippen LogP contribution in [0.1, 0.15) is 13.8 Å². The molecule has 4 nitrogen and oxygen atoms in total. The number of anilines is 1. The van der Waals surface area contributed by atoms with E-state index in [4.69, 9.17) is 0 Å². The van der Waals surface area contributed by atoms with Gasteiger partial charge in [0.25, 0.3) is 0 Å². The van der Waals surface area contributed by atoms with Crippen molar-refractivity contribution in [2.45, 2.75) is 19.9 Å². The van der Waals surface area contributed by atoms with E-state index in [2.05, 4.69) is 10.3 Å². The van der Waals surface area contributed by atoms with Crippen molar-refractivity contribution in [2.24, 2.45) is 5.92 Å². The number of nitrogens with zero attached hydrogens (tertiary/aromatic N) is 2. The summed E-state index contributed by atoms with van der Waals surface area (Å²) in [4.78, 5) is 17.8. The molecule has 0 aliphatic carbocycles. The van der Waals surface area contributed by atoms with Crippen LogP contribution in [-0.2, 0) is 4.79 Å². The van der Waals surface area contributed by atoms with Gasteiger partial charge in [-0.15, -0.1) is 0 Å². The average molecular weight is 253 g/mol. The molecule has 0 saturated carbocycles. The highest BCUT2D eigenvalue weighted by Crippen LogP contribution is 2.09. The Kier molecular flexibility index (Phi) is 5.22. The van der Waals surface area contributed by atoms with Crippen LogP contribution in [0.3, 0.4) is 0 Å². The van der Waals surface area contributed by atoms with Crippen molar-refractivity contribution in [3.05, 3.63) is 24.1 Å².